The molecular formula is C20H21N3O2S. The fourth-order valence-electron chi connectivity index (χ4n) is 2.52. The predicted molar refractivity (Wildman–Crippen MR) is 103 cm³/mol. The van der Waals surface area contributed by atoms with Gasteiger partial charge in [0.2, 0.25) is 0 Å². The Morgan fingerprint density at radius 2 is 2.12 bits per heavy atom. The first-order chi connectivity index (χ1) is 12.6. The average Bonchev–Trinajstić information content (AvgIpc) is 3.11. The standard InChI is InChI=1S/C20H21N3O2S/c1-14-6-7-18(15(2)11-14)25-12-19-23-17(13-26-19)20(24)22-10-8-16-5-3-4-9-21-16/h3-7,9,11,13H,8,10,12H2,1-2H3,(H,22,24). The van der Waals surface area contributed by atoms with E-state index in [1.54, 1.807) is 11.6 Å². The molecule has 2 heterocycles. The number of nitrogens with one attached hydrogen (secondary N) is 1. The molecule has 134 valence electrons. The van der Waals surface area contributed by atoms with Crippen LogP contribution < -0.4 is 10.1 Å². The van der Waals surface area contributed by atoms with Crippen molar-refractivity contribution in [2.75, 3.05) is 6.54 Å². The van der Waals surface area contributed by atoms with E-state index in [4.69, 9.17) is 4.74 Å². The Hall–Kier alpha value is -2.73. The summed E-state index contributed by atoms with van der Waals surface area (Å²) in [6.45, 7) is 4.96. The third-order valence-corrected chi connectivity index (χ3v) is 4.68. The van der Waals surface area contributed by atoms with E-state index in [1.165, 1.54) is 16.9 Å². The lowest BCUT2D eigenvalue weighted by atomic mass is 10.1. The van der Waals surface area contributed by atoms with Crippen LogP contribution in [0, 0.1) is 13.8 Å². The van der Waals surface area contributed by atoms with Gasteiger partial charge < -0.3 is 10.1 Å². The zero-order valence-corrected chi connectivity index (χ0v) is 15.7. The van der Waals surface area contributed by atoms with Gasteiger partial charge in [-0.25, -0.2) is 4.98 Å². The van der Waals surface area contributed by atoms with Crippen LogP contribution in [0.3, 0.4) is 0 Å². The maximum absolute atomic E-state index is 12.2. The molecule has 0 bridgehead atoms. The molecule has 6 heteroatoms. The molecule has 0 aliphatic carbocycles. The number of ether oxygens (including phenoxy) is 1. The highest BCUT2D eigenvalue weighted by Gasteiger charge is 2.11. The van der Waals surface area contributed by atoms with E-state index in [9.17, 15) is 4.79 Å². The molecule has 0 saturated heterocycles. The number of aromatic nitrogens is 2. The summed E-state index contributed by atoms with van der Waals surface area (Å²) in [6.07, 6.45) is 2.44. The van der Waals surface area contributed by atoms with Gasteiger partial charge in [-0.3, -0.25) is 9.78 Å². The first kappa shape index (κ1) is 18.1. The molecule has 5 nitrogen and oxygen atoms in total. The summed E-state index contributed by atoms with van der Waals surface area (Å²) in [4.78, 5) is 20.8. The highest BCUT2D eigenvalue weighted by Crippen LogP contribution is 2.21. The number of carbonyl (C=O) groups is 1. The number of thiazole rings is 1. The summed E-state index contributed by atoms with van der Waals surface area (Å²) in [7, 11) is 0. The number of pyridine rings is 1. The molecule has 0 atom stereocenters. The number of carbonyl (C=O) groups excluding carboxylic acids is 1. The number of amides is 1. The molecule has 3 aromatic rings. The Morgan fingerprint density at radius 3 is 2.88 bits per heavy atom. The van der Waals surface area contributed by atoms with Gasteiger partial charge in [0.05, 0.1) is 0 Å². The zero-order valence-electron chi connectivity index (χ0n) is 14.9. The van der Waals surface area contributed by atoms with E-state index in [2.05, 4.69) is 28.3 Å². The number of hydrogen-bond donors (Lipinski definition) is 1. The second-order valence-electron chi connectivity index (χ2n) is 6.01. The van der Waals surface area contributed by atoms with Crippen LogP contribution in [0.15, 0.2) is 48.0 Å². The molecule has 0 aliphatic heterocycles. The van der Waals surface area contributed by atoms with Crippen molar-refractivity contribution in [3.05, 3.63) is 75.5 Å². The molecule has 1 aromatic carbocycles. The molecule has 0 unspecified atom stereocenters. The maximum Gasteiger partial charge on any atom is 0.270 e. The van der Waals surface area contributed by atoms with Crippen LogP contribution in [0.25, 0.3) is 0 Å². The normalized spacial score (nSPS) is 10.5. The lowest BCUT2D eigenvalue weighted by molar-refractivity contribution is 0.0949. The molecule has 0 spiro atoms. The summed E-state index contributed by atoms with van der Waals surface area (Å²) >= 11 is 1.43. The van der Waals surface area contributed by atoms with Crippen molar-refractivity contribution in [3.63, 3.8) is 0 Å². The van der Waals surface area contributed by atoms with Gasteiger partial charge in [0.15, 0.2) is 0 Å². The summed E-state index contributed by atoms with van der Waals surface area (Å²) in [6, 6.07) is 11.8. The minimum absolute atomic E-state index is 0.171. The first-order valence-electron chi connectivity index (χ1n) is 8.44. The fourth-order valence-corrected chi connectivity index (χ4v) is 3.21. The van der Waals surface area contributed by atoms with Gasteiger partial charge in [0.1, 0.15) is 23.1 Å². The first-order valence-corrected chi connectivity index (χ1v) is 9.32. The van der Waals surface area contributed by atoms with Gasteiger partial charge in [0, 0.05) is 30.2 Å². The van der Waals surface area contributed by atoms with Crippen molar-refractivity contribution in [3.8, 4) is 5.75 Å². The average molecular weight is 367 g/mol. The van der Waals surface area contributed by atoms with Crippen LogP contribution in [-0.2, 0) is 13.0 Å². The van der Waals surface area contributed by atoms with E-state index in [1.807, 2.05) is 37.3 Å². The van der Waals surface area contributed by atoms with Crippen LogP contribution >= 0.6 is 11.3 Å². The molecule has 1 amide bonds. The molecule has 2 aromatic heterocycles. The molecule has 0 radical (unpaired) electrons. The van der Waals surface area contributed by atoms with Gasteiger partial charge in [-0.2, -0.15) is 0 Å². The van der Waals surface area contributed by atoms with Gasteiger partial charge in [-0.05, 0) is 37.6 Å². The Balaban J connectivity index is 1.49. The molecule has 0 saturated carbocycles. The van der Waals surface area contributed by atoms with Crippen molar-refractivity contribution >= 4 is 17.2 Å². The van der Waals surface area contributed by atoms with E-state index < -0.39 is 0 Å². The Kier molecular flexibility index (Phi) is 5.96. The van der Waals surface area contributed by atoms with E-state index in [0.717, 1.165) is 22.0 Å². The number of aryl methyl sites for hydroxylation is 2. The molecule has 0 fully saturated rings. The number of nitrogens with zero attached hydrogens (tertiary/aromatic N) is 2. The Labute approximate surface area is 157 Å². The lowest BCUT2D eigenvalue weighted by Gasteiger charge is -2.08. The SMILES string of the molecule is Cc1ccc(OCc2nc(C(=O)NCCc3ccccn3)cs2)c(C)c1. The lowest BCUT2D eigenvalue weighted by Crippen LogP contribution is -2.26. The van der Waals surface area contributed by atoms with Crippen molar-refractivity contribution in [1.29, 1.82) is 0 Å². The van der Waals surface area contributed by atoms with E-state index in [0.29, 0.717) is 25.3 Å². The van der Waals surface area contributed by atoms with E-state index >= 15 is 0 Å². The van der Waals surface area contributed by atoms with Gasteiger partial charge in [-0.15, -0.1) is 11.3 Å². The second-order valence-corrected chi connectivity index (χ2v) is 6.95. The predicted octanol–water partition coefficient (Wildman–Crippen LogP) is 3.71. The highest BCUT2D eigenvalue weighted by molar-refractivity contribution is 7.09. The minimum atomic E-state index is -0.171. The van der Waals surface area contributed by atoms with Crippen molar-refractivity contribution in [1.82, 2.24) is 15.3 Å². The number of rotatable bonds is 7. The van der Waals surface area contributed by atoms with Gasteiger partial charge in [0.25, 0.3) is 5.91 Å². The summed E-state index contributed by atoms with van der Waals surface area (Å²) < 4.78 is 5.82. The zero-order chi connectivity index (χ0) is 18.4. The second kappa shape index (κ2) is 8.58. The smallest absolute Gasteiger partial charge is 0.270 e. The van der Waals surface area contributed by atoms with Crippen LogP contribution in [0.1, 0.15) is 32.3 Å². The third-order valence-electron chi connectivity index (χ3n) is 3.86. The van der Waals surface area contributed by atoms with Crippen LogP contribution in [0.5, 0.6) is 5.75 Å². The Bertz CT molecular complexity index is 878. The third kappa shape index (κ3) is 4.89. The Morgan fingerprint density at radius 1 is 1.23 bits per heavy atom. The monoisotopic (exact) mass is 367 g/mol. The summed E-state index contributed by atoms with van der Waals surface area (Å²) in [5.41, 5.74) is 3.67. The molecule has 3 rings (SSSR count). The quantitative estimate of drug-likeness (QED) is 0.691. The molecule has 1 N–H and O–H groups in total. The number of hydrogen-bond acceptors (Lipinski definition) is 5. The van der Waals surface area contributed by atoms with E-state index in [-0.39, 0.29) is 5.91 Å². The van der Waals surface area contributed by atoms with Crippen molar-refractivity contribution < 1.29 is 9.53 Å². The summed E-state index contributed by atoms with van der Waals surface area (Å²) in [5, 5.41) is 5.41. The molecular weight excluding hydrogens is 346 g/mol. The van der Waals surface area contributed by atoms with Crippen LogP contribution in [-0.4, -0.2) is 22.4 Å². The van der Waals surface area contributed by atoms with Gasteiger partial charge in [-0.1, -0.05) is 23.8 Å². The van der Waals surface area contributed by atoms with Gasteiger partial charge >= 0.3 is 0 Å². The largest absolute Gasteiger partial charge is 0.486 e. The number of benzene rings is 1. The van der Waals surface area contributed by atoms with Crippen molar-refractivity contribution in [2.45, 2.75) is 26.9 Å². The van der Waals surface area contributed by atoms with Crippen LogP contribution in [0.4, 0.5) is 0 Å². The van der Waals surface area contributed by atoms with Crippen molar-refractivity contribution in [2.24, 2.45) is 0 Å². The highest BCUT2D eigenvalue weighted by atomic mass is 32.1. The molecule has 26 heavy (non-hydrogen) atoms. The van der Waals surface area contributed by atoms with Crippen LogP contribution in [0.2, 0.25) is 0 Å². The maximum atomic E-state index is 12.2. The molecule has 0 aliphatic rings. The fraction of sp³-hybridized carbons (Fsp3) is 0.250. The topological polar surface area (TPSA) is 64.1 Å². The minimum Gasteiger partial charge on any atom is -0.486 e. The summed E-state index contributed by atoms with van der Waals surface area (Å²) in [5.74, 6) is 0.669.